The van der Waals surface area contributed by atoms with Gasteiger partial charge in [-0.05, 0) is 37.4 Å². The maximum atomic E-state index is 4.49. The molecule has 2 heteroatoms. The number of aromatic nitrogens is 1. The van der Waals surface area contributed by atoms with Crippen LogP contribution in [0.5, 0.6) is 0 Å². The number of pyridine rings is 1. The molecule has 0 amide bonds. The number of nitrogens with zero attached hydrogens (tertiary/aromatic N) is 1. The van der Waals surface area contributed by atoms with E-state index in [9.17, 15) is 0 Å². The molecule has 0 aromatic carbocycles. The molecule has 1 heterocycles. The molecule has 0 aliphatic heterocycles. The lowest BCUT2D eigenvalue weighted by atomic mass is 9.55. The zero-order valence-corrected chi connectivity index (χ0v) is 9.83. The minimum Gasteiger partial charge on any atom is -0.316 e. The summed E-state index contributed by atoms with van der Waals surface area (Å²) in [7, 11) is 2.06. The Kier molecular flexibility index (Phi) is 2.79. The predicted octanol–water partition coefficient (Wildman–Crippen LogP) is 2.57. The Morgan fingerprint density at radius 1 is 1.53 bits per heavy atom. The summed E-state index contributed by atoms with van der Waals surface area (Å²) in [6.07, 6.45) is 4.33. The monoisotopic (exact) mass is 204 g/mol. The van der Waals surface area contributed by atoms with Crippen molar-refractivity contribution in [2.75, 3.05) is 7.05 Å². The molecule has 3 atom stereocenters. The average Bonchev–Trinajstić information content (AvgIpc) is 2.28. The van der Waals surface area contributed by atoms with Crippen LogP contribution in [-0.2, 0) is 0 Å². The Hall–Kier alpha value is -0.890. The normalized spacial score (nSPS) is 34.9. The van der Waals surface area contributed by atoms with Crippen molar-refractivity contribution >= 4 is 0 Å². The van der Waals surface area contributed by atoms with Crippen LogP contribution >= 0.6 is 0 Å². The van der Waals surface area contributed by atoms with Crippen molar-refractivity contribution in [3.63, 3.8) is 0 Å². The summed E-state index contributed by atoms with van der Waals surface area (Å²) in [6.45, 7) is 4.65. The quantitative estimate of drug-likeness (QED) is 0.818. The highest BCUT2D eigenvalue weighted by Crippen LogP contribution is 2.54. The fourth-order valence-electron chi connectivity index (χ4n) is 2.84. The van der Waals surface area contributed by atoms with Crippen molar-refractivity contribution in [1.82, 2.24) is 10.3 Å². The first-order valence-corrected chi connectivity index (χ1v) is 5.80. The fraction of sp³-hybridized carbons (Fsp3) is 0.615. The highest BCUT2D eigenvalue weighted by molar-refractivity contribution is 5.21. The molecule has 15 heavy (non-hydrogen) atoms. The molecule has 1 aliphatic rings. The van der Waals surface area contributed by atoms with Crippen LogP contribution in [0.15, 0.2) is 24.4 Å². The third-order valence-corrected chi connectivity index (χ3v) is 4.22. The van der Waals surface area contributed by atoms with E-state index in [1.165, 1.54) is 18.5 Å². The average molecular weight is 204 g/mol. The van der Waals surface area contributed by atoms with Gasteiger partial charge in [0.1, 0.15) is 0 Å². The summed E-state index contributed by atoms with van der Waals surface area (Å²) in [5.41, 5.74) is 1.64. The molecule has 1 fully saturated rings. The highest BCUT2D eigenvalue weighted by Gasteiger charge is 2.50. The lowest BCUT2D eigenvalue weighted by molar-refractivity contribution is 0.0470. The van der Waals surface area contributed by atoms with Crippen LogP contribution < -0.4 is 5.32 Å². The zero-order valence-electron chi connectivity index (χ0n) is 9.83. The molecule has 0 saturated heterocycles. The van der Waals surface area contributed by atoms with E-state index in [2.05, 4.69) is 43.3 Å². The summed E-state index contributed by atoms with van der Waals surface area (Å²) < 4.78 is 0. The molecule has 1 aliphatic carbocycles. The molecule has 0 radical (unpaired) electrons. The molecule has 2 rings (SSSR count). The Morgan fingerprint density at radius 3 is 2.87 bits per heavy atom. The van der Waals surface area contributed by atoms with Gasteiger partial charge in [0.05, 0.1) is 0 Å². The fourth-order valence-corrected chi connectivity index (χ4v) is 2.84. The van der Waals surface area contributed by atoms with Crippen molar-refractivity contribution in [3.8, 4) is 0 Å². The SMILES string of the molecule is CCC1(C)C(NC)CC1c1ccccn1. The second-order valence-corrected chi connectivity index (χ2v) is 4.74. The standard InChI is InChI=1S/C13H20N2/c1-4-13(2)10(9-12(13)14-3)11-7-5-6-8-15-11/h5-8,10,12,14H,4,9H2,1-3H3. The second kappa shape index (κ2) is 3.93. The zero-order chi connectivity index (χ0) is 10.9. The van der Waals surface area contributed by atoms with Gasteiger partial charge in [-0.1, -0.05) is 19.9 Å². The Balaban J connectivity index is 2.20. The van der Waals surface area contributed by atoms with Gasteiger partial charge in [0, 0.05) is 23.9 Å². The summed E-state index contributed by atoms with van der Waals surface area (Å²) >= 11 is 0. The Labute approximate surface area is 92.1 Å². The van der Waals surface area contributed by atoms with Gasteiger partial charge < -0.3 is 5.32 Å². The smallest absolute Gasteiger partial charge is 0.0441 e. The van der Waals surface area contributed by atoms with Gasteiger partial charge in [0.25, 0.3) is 0 Å². The van der Waals surface area contributed by atoms with Crippen molar-refractivity contribution in [2.24, 2.45) is 5.41 Å². The van der Waals surface area contributed by atoms with Gasteiger partial charge in [-0.3, -0.25) is 4.98 Å². The Bertz CT molecular complexity index is 323. The van der Waals surface area contributed by atoms with Crippen LogP contribution in [0.25, 0.3) is 0 Å². The van der Waals surface area contributed by atoms with Crippen molar-refractivity contribution < 1.29 is 0 Å². The number of nitrogens with one attached hydrogen (secondary N) is 1. The molecule has 1 aromatic rings. The molecule has 3 unspecified atom stereocenters. The summed E-state index contributed by atoms with van der Waals surface area (Å²) in [6, 6.07) is 6.88. The molecular formula is C13H20N2. The summed E-state index contributed by atoms with van der Waals surface area (Å²) in [5.74, 6) is 0.626. The first kappa shape index (κ1) is 10.6. The van der Waals surface area contributed by atoms with Crippen LogP contribution in [0.1, 0.15) is 38.3 Å². The van der Waals surface area contributed by atoms with Gasteiger partial charge in [-0.25, -0.2) is 0 Å². The Morgan fingerprint density at radius 2 is 2.33 bits per heavy atom. The van der Waals surface area contributed by atoms with Crippen LogP contribution in [0.2, 0.25) is 0 Å². The largest absolute Gasteiger partial charge is 0.316 e. The van der Waals surface area contributed by atoms with Gasteiger partial charge in [0.2, 0.25) is 0 Å². The van der Waals surface area contributed by atoms with E-state index < -0.39 is 0 Å². The lowest BCUT2D eigenvalue weighted by Gasteiger charge is -2.53. The van der Waals surface area contributed by atoms with E-state index in [0.29, 0.717) is 17.4 Å². The molecule has 82 valence electrons. The van der Waals surface area contributed by atoms with E-state index >= 15 is 0 Å². The summed E-state index contributed by atoms with van der Waals surface area (Å²) in [5, 5.41) is 3.41. The van der Waals surface area contributed by atoms with Gasteiger partial charge in [-0.2, -0.15) is 0 Å². The molecule has 0 spiro atoms. The topological polar surface area (TPSA) is 24.9 Å². The molecule has 0 bridgehead atoms. The lowest BCUT2D eigenvalue weighted by Crippen LogP contribution is -2.55. The maximum Gasteiger partial charge on any atom is 0.0441 e. The molecular weight excluding hydrogens is 184 g/mol. The van der Waals surface area contributed by atoms with Crippen LogP contribution in [0.4, 0.5) is 0 Å². The molecule has 2 nitrogen and oxygen atoms in total. The van der Waals surface area contributed by atoms with Crippen molar-refractivity contribution in [1.29, 1.82) is 0 Å². The summed E-state index contributed by atoms with van der Waals surface area (Å²) in [4.78, 5) is 4.49. The van der Waals surface area contributed by atoms with Crippen molar-refractivity contribution in [3.05, 3.63) is 30.1 Å². The minimum atomic E-state index is 0.378. The van der Waals surface area contributed by atoms with Crippen LogP contribution in [0, 0.1) is 5.41 Å². The molecule has 1 aromatic heterocycles. The minimum absolute atomic E-state index is 0.378. The van der Waals surface area contributed by atoms with Crippen molar-refractivity contribution in [2.45, 2.75) is 38.6 Å². The second-order valence-electron chi connectivity index (χ2n) is 4.74. The first-order valence-electron chi connectivity index (χ1n) is 5.80. The van der Waals surface area contributed by atoms with E-state index in [1.54, 1.807) is 0 Å². The molecule has 1 N–H and O–H groups in total. The van der Waals surface area contributed by atoms with Gasteiger partial charge in [0.15, 0.2) is 0 Å². The van der Waals surface area contributed by atoms with Crippen LogP contribution in [0.3, 0.4) is 0 Å². The third-order valence-electron chi connectivity index (χ3n) is 4.22. The van der Waals surface area contributed by atoms with Gasteiger partial charge in [-0.15, -0.1) is 0 Å². The predicted molar refractivity (Wildman–Crippen MR) is 62.8 cm³/mol. The molecule has 1 saturated carbocycles. The third kappa shape index (κ3) is 1.57. The maximum absolute atomic E-state index is 4.49. The van der Waals surface area contributed by atoms with E-state index in [1.807, 2.05) is 12.3 Å². The number of hydrogen-bond acceptors (Lipinski definition) is 2. The van der Waals surface area contributed by atoms with E-state index in [0.717, 1.165) is 0 Å². The number of rotatable bonds is 3. The number of hydrogen-bond donors (Lipinski definition) is 1. The van der Waals surface area contributed by atoms with Crippen LogP contribution in [-0.4, -0.2) is 18.1 Å². The van der Waals surface area contributed by atoms with E-state index in [-0.39, 0.29) is 0 Å². The van der Waals surface area contributed by atoms with E-state index in [4.69, 9.17) is 0 Å². The highest BCUT2D eigenvalue weighted by atomic mass is 14.9. The first-order chi connectivity index (χ1) is 7.22. The van der Waals surface area contributed by atoms with Gasteiger partial charge >= 0.3 is 0 Å².